The minimum absolute atomic E-state index is 0.0454. The van der Waals surface area contributed by atoms with Crippen LogP contribution in [-0.4, -0.2) is 27.9 Å². The van der Waals surface area contributed by atoms with Crippen LogP contribution in [0.1, 0.15) is 49.3 Å². The summed E-state index contributed by atoms with van der Waals surface area (Å²) < 4.78 is 0. The summed E-state index contributed by atoms with van der Waals surface area (Å²) in [5.41, 5.74) is 1.87. The number of carboxylic acid groups (broad SMARTS) is 1. The number of hydrogen-bond acceptors (Lipinski definition) is 2. The van der Waals surface area contributed by atoms with Crippen LogP contribution in [0.25, 0.3) is 0 Å². The lowest BCUT2D eigenvalue weighted by molar-refractivity contribution is -0.155. The second-order valence-electron chi connectivity index (χ2n) is 6.76. The predicted molar refractivity (Wildman–Crippen MR) is 106 cm³/mol. The van der Waals surface area contributed by atoms with Crippen LogP contribution in [0, 0.1) is 0 Å². The monoisotopic (exact) mass is 405 g/mol. The Morgan fingerprint density at radius 2 is 1.85 bits per heavy atom. The Morgan fingerprint density at radius 1 is 1.15 bits per heavy atom. The van der Waals surface area contributed by atoms with Crippen molar-refractivity contribution in [1.29, 1.82) is 0 Å². The number of carbonyl (C=O) groups is 2. The van der Waals surface area contributed by atoms with Crippen LogP contribution in [0.5, 0.6) is 0 Å². The third kappa shape index (κ3) is 4.12. The van der Waals surface area contributed by atoms with Crippen molar-refractivity contribution in [3.63, 3.8) is 0 Å². The molecule has 1 saturated heterocycles. The van der Waals surface area contributed by atoms with Gasteiger partial charge in [0.1, 0.15) is 6.04 Å². The second-order valence-corrected chi connectivity index (χ2v) is 7.63. The summed E-state index contributed by atoms with van der Waals surface area (Å²) >= 11 is 12.2. The highest BCUT2D eigenvalue weighted by atomic mass is 35.5. The smallest absolute Gasteiger partial charge is 0.326 e. The summed E-state index contributed by atoms with van der Waals surface area (Å²) in [6.07, 6.45) is 1.29. The molecule has 0 aromatic heterocycles. The molecule has 1 N–H and O–H groups in total. The Labute approximate surface area is 168 Å². The highest BCUT2D eigenvalue weighted by Crippen LogP contribution is 2.45. The van der Waals surface area contributed by atoms with E-state index in [1.54, 1.807) is 30.0 Å². The molecule has 0 aliphatic carbocycles. The van der Waals surface area contributed by atoms with Crippen molar-refractivity contribution >= 4 is 35.1 Å². The van der Waals surface area contributed by atoms with E-state index < -0.39 is 12.0 Å². The standard InChI is InChI=1S/C21H21Cl2NO3/c1-2-18(21(26)27)24-19(25)11-10-17(14-4-3-5-16(23)12-14)20(24)13-6-8-15(22)9-7-13/h3-9,12,17-18,20H,2,10-11H2,1H3,(H,26,27)/t17-,18-,20-/m1/s1. The normalized spacial score (nSPS) is 21.1. The van der Waals surface area contributed by atoms with Gasteiger partial charge in [-0.15, -0.1) is 0 Å². The average Bonchev–Trinajstić information content (AvgIpc) is 2.64. The number of benzene rings is 2. The summed E-state index contributed by atoms with van der Waals surface area (Å²) in [5, 5.41) is 10.9. The summed E-state index contributed by atoms with van der Waals surface area (Å²) in [4.78, 5) is 26.2. The zero-order chi connectivity index (χ0) is 19.6. The molecule has 4 nitrogen and oxygen atoms in total. The van der Waals surface area contributed by atoms with Crippen molar-refractivity contribution in [2.24, 2.45) is 0 Å². The fraction of sp³-hybridized carbons (Fsp3) is 0.333. The van der Waals surface area contributed by atoms with Crippen LogP contribution in [0.3, 0.4) is 0 Å². The summed E-state index contributed by atoms with van der Waals surface area (Å²) in [6, 6.07) is 13.6. The first-order valence-corrected chi connectivity index (χ1v) is 9.73. The minimum Gasteiger partial charge on any atom is -0.480 e. The third-order valence-corrected chi connectivity index (χ3v) is 5.62. The Bertz CT molecular complexity index is 838. The number of piperidine rings is 1. The lowest BCUT2D eigenvalue weighted by Gasteiger charge is -2.44. The summed E-state index contributed by atoms with van der Waals surface area (Å²) in [6.45, 7) is 1.79. The molecule has 0 spiro atoms. The van der Waals surface area contributed by atoms with Crippen molar-refractivity contribution in [2.75, 3.05) is 0 Å². The molecule has 1 amide bonds. The molecule has 0 unspecified atom stereocenters. The van der Waals surface area contributed by atoms with Gasteiger partial charge in [0.05, 0.1) is 6.04 Å². The maximum absolute atomic E-state index is 12.8. The van der Waals surface area contributed by atoms with Gasteiger partial charge in [-0.2, -0.15) is 0 Å². The van der Waals surface area contributed by atoms with E-state index in [2.05, 4.69) is 0 Å². The maximum Gasteiger partial charge on any atom is 0.326 e. The van der Waals surface area contributed by atoms with E-state index in [1.807, 2.05) is 30.3 Å². The molecule has 0 saturated carbocycles. The van der Waals surface area contributed by atoms with Crippen LogP contribution in [0.2, 0.25) is 10.0 Å². The van der Waals surface area contributed by atoms with Gasteiger partial charge < -0.3 is 10.0 Å². The van der Waals surface area contributed by atoms with Gasteiger partial charge in [-0.05, 0) is 48.2 Å². The molecular weight excluding hydrogens is 385 g/mol. The summed E-state index contributed by atoms with van der Waals surface area (Å²) in [7, 11) is 0. The quantitative estimate of drug-likeness (QED) is 0.733. The van der Waals surface area contributed by atoms with Crippen LogP contribution in [-0.2, 0) is 9.59 Å². The van der Waals surface area contributed by atoms with E-state index in [4.69, 9.17) is 23.2 Å². The van der Waals surface area contributed by atoms with Gasteiger partial charge in [0.25, 0.3) is 0 Å². The van der Waals surface area contributed by atoms with Crippen LogP contribution >= 0.6 is 23.2 Å². The zero-order valence-corrected chi connectivity index (χ0v) is 16.5. The number of amides is 1. The number of rotatable bonds is 5. The van der Waals surface area contributed by atoms with Crippen LogP contribution < -0.4 is 0 Å². The van der Waals surface area contributed by atoms with E-state index in [0.717, 1.165) is 11.1 Å². The molecule has 142 valence electrons. The van der Waals surface area contributed by atoms with Gasteiger partial charge in [-0.1, -0.05) is 54.4 Å². The Hall–Kier alpha value is -2.04. The largest absolute Gasteiger partial charge is 0.480 e. The first-order chi connectivity index (χ1) is 12.9. The Kier molecular flexibility index (Phi) is 6.08. The Balaban J connectivity index is 2.13. The topological polar surface area (TPSA) is 57.6 Å². The maximum atomic E-state index is 12.8. The first-order valence-electron chi connectivity index (χ1n) is 8.97. The molecular formula is C21H21Cl2NO3. The molecule has 3 rings (SSSR count). The third-order valence-electron chi connectivity index (χ3n) is 5.13. The SMILES string of the molecule is CC[C@H](C(=O)O)N1C(=O)CC[C@H](c2cccc(Cl)c2)[C@H]1c1ccc(Cl)cc1. The highest BCUT2D eigenvalue weighted by molar-refractivity contribution is 6.30. The lowest BCUT2D eigenvalue weighted by atomic mass is 9.79. The molecule has 0 radical (unpaired) electrons. The second kappa shape index (κ2) is 8.32. The van der Waals surface area contributed by atoms with E-state index >= 15 is 0 Å². The molecule has 1 aliphatic rings. The van der Waals surface area contributed by atoms with Crippen LogP contribution in [0.4, 0.5) is 0 Å². The van der Waals surface area contributed by atoms with Crippen molar-refractivity contribution in [2.45, 2.75) is 44.2 Å². The lowest BCUT2D eigenvalue weighted by Crippen LogP contribution is -2.50. The first kappa shape index (κ1) is 19.7. The molecule has 2 aromatic rings. The van der Waals surface area contributed by atoms with E-state index in [1.165, 1.54) is 0 Å². The number of carbonyl (C=O) groups excluding carboxylic acids is 1. The number of hydrogen-bond donors (Lipinski definition) is 1. The molecule has 3 atom stereocenters. The van der Waals surface area contributed by atoms with Crippen molar-refractivity contribution in [1.82, 2.24) is 4.90 Å². The molecule has 1 fully saturated rings. The molecule has 1 aliphatic heterocycles. The number of nitrogens with zero attached hydrogens (tertiary/aromatic N) is 1. The van der Waals surface area contributed by atoms with Crippen molar-refractivity contribution in [3.8, 4) is 0 Å². The van der Waals surface area contributed by atoms with Crippen LogP contribution in [0.15, 0.2) is 48.5 Å². The van der Waals surface area contributed by atoms with Gasteiger partial charge in [0.15, 0.2) is 0 Å². The van der Waals surface area contributed by atoms with E-state index in [9.17, 15) is 14.7 Å². The highest BCUT2D eigenvalue weighted by Gasteiger charge is 2.42. The van der Waals surface area contributed by atoms with Gasteiger partial charge in [-0.25, -0.2) is 4.79 Å². The predicted octanol–water partition coefficient (Wildman–Crippen LogP) is 5.30. The number of carboxylic acids is 1. The minimum atomic E-state index is -0.989. The number of halogens is 2. The number of aliphatic carboxylic acids is 1. The van der Waals surface area contributed by atoms with E-state index in [0.29, 0.717) is 29.3 Å². The molecule has 2 aromatic carbocycles. The van der Waals surface area contributed by atoms with Crippen molar-refractivity contribution < 1.29 is 14.7 Å². The fourth-order valence-electron chi connectivity index (χ4n) is 3.91. The molecule has 0 bridgehead atoms. The summed E-state index contributed by atoms with van der Waals surface area (Å²) in [5.74, 6) is -1.17. The van der Waals surface area contributed by atoms with E-state index in [-0.39, 0.29) is 17.9 Å². The molecule has 1 heterocycles. The molecule has 6 heteroatoms. The Morgan fingerprint density at radius 3 is 2.44 bits per heavy atom. The fourth-order valence-corrected chi connectivity index (χ4v) is 4.24. The molecule has 27 heavy (non-hydrogen) atoms. The number of likely N-dealkylation sites (tertiary alicyclic amines) is 1. The zero-order valence-electron chi connectivity index (χ0n) is 14.9. The van der Waals surface area contributed by atoms with Crippen molar-refractivity contribution in [3.05, 3.63) is 69.7 Å². The van der Waals surface area contributed by atoms with Gasteiger partial charge in [-0.3, -0.25) is 4.79 Å². The van der Waals surface area contributed by atoms with Gasteiger partial charge in [0.2, 0.25) is 5.91 Å². The van der Waals surface area contributed by atoms with Gasteiger partial charge >= 0.3 is 5.97 Å². The van der Waals surface area contributed by atoms with Gasteiger partial charge in [0, 0.05) is 22.4 Å². The average molecular weight is 406 g/mol.